The average Bonchev–Trinajstić information content (AvgIpc) is 2.73. The predicted octanol–water partition coefficient (Wildman–Crippen LogP) is 4.56. The number of benzene rings is 1. The van der Waals surface area contributed by atoms with E-state index in [2.05, 4.69) is 37.4 Å². The van der Waals surface area contributed by atoms with Gasteiger partial charge in [0, 0.05) is 27.4 Å². The van der Waals surface area contributed by atoms with Crippen molar-refractivity contribution in [3.63, 3.8) is 0 Å². The van der Waals surface area contributed by atoms with Crippen LogP contribution < -0.4 is 5.32 Å². The number of aryl methyl sites for hydroxylation is 1. The fourth-order valence-electron chi connectivity index (χ4n) is 1.77. The Balaban J connectivity index is 1.98. The first-order valence-corrected chi connectivity index (χ1v) is 6.89. The molecule has 0 amide bonds. The summed E-state index contributed by atoms with van der Waals surface area (Å²) in [6.45, 7) is 5.16. The molecule has 0 fully saturated rings. The van der Waals surface area contributed by atoms with Crippen LogP contribution in [-0.4, -0.2) is 0 Å². The van der Waals surface area contributed by atoms with E-state index in [0.717, 1.165) is 17.1 Å². The van der Waals surface area contributed by atoms with Crippen LogP contribution in [0.25, 0.3) is 0 Å². The molecular weight excluding hydrogens is 250 g/mol. The molecule has 0 aliphatic rings. The van der Waals surface area contributed by atoms with Crippen LogP contribution in [0.5, 0.6) is 0 Å². The zero-order chi connectivity index (χ0) is 12.3. The van der Waals surface area contributed by atoms with Gasteiger partial charge in [-0.15, -0.1) is 11.3 Å². The molecule has 1 aromatic carbocycles. The SMILES string of the molecule is Cc1ccc(CN[C@H](C)c2ccccc2Cl)s1. The summed E-state index contributed by atoms with van der Waals surface area (Å²) >= 11 is 8.00. The van der Waals surface area contributed by atoms with Crippen molar-refractivity contribution in [1.82, 2.24) is 5.32 Å². The Morgan fingerprint density at radius 1 is 1.24 bits per heavy atom. The molecule has 1 heterocycles. The standard InChI is InChI=1S/C14H16ClNS/c1-10-7-8-12(17-10)9-16-11(2)13-5-3-4-6-14(13)15/h3-8,11,16H,9H2,1-2H3/t11-/m1/s1. The first kappa shape index (κ1) is 12.6. The summed E-state index contributed by atoms with van der Waals surface area (Å²) in [6, 6.07) is 12.6. The predicted molar refractivity (Wildman–Crippen MR) is 75.8 cm³/mol. The van der Waals surface area contributed by atoms with Crippen LogP contribution in [0.3, 0.4) is 0 Å². The number of nitrogens with one attached hydrogen (secondary N) is 1. The molecule has 0 radical (unpaired) electrons. The Morgan fingerprint density at radius 2 is 2.00 bits per heavy atom. The van der Waals surface area contributed by atoms with Gasteiger partial charge in [0.05, 0.1) is 0 Å². The summed E-state index contributed by atoms with van der Waals surface area (Å²) in [4.78, 5) is 2.72. The maximum absolute atomic E-state index is 6.17. The average molecular weight is 266 g/mol. The highest BCUT2D eigenvalue weighted by atomic mass is 35.5. The monoisotopic (exact) mass is 265 g/mol. The lowest BCUT2D eigenvalue weighted by Crippen LogP contribution is -2.17. The minimum atomic E-state index is 0.270. The first-order valence-electron chi connectivity index (χ1n) is 5.70. The van der Waals surface area contributed by atoms with Crippen molar-refractivity contribution in [2.75, 3.05) is 0 Å². The molecule has 3 heteroatoms. The van der Waals surface area contributed by atoms with E-state index in [-0.39, 0.29) is 6.04 Å². The fourth-order valence-corrected chi connectivity index (χ4v) is 2.91. The second-order valence-corrected chi connectivity index (χ2v) is 5.92. The molecule has 0 saturated heterocycles. The lowest BCUT2D eigenvalue weighted by molar-refractivity contribution is 0.579. The van der Waals surface area contributed by atoms with Crippen molar-refractivity contribution in [2.24, 2.45) is 0 Å². The minimum absolute atomic E-state index is 0.270. The maximum Gasteiger partial charge on any atom is 0.0453 e. The van der Waals surface area contributed by atoms with Crippen LogP contribution in [0, 0.1) is 6.92 Å². The topological polar surface area (TPSA) is 12.0 Å². The van der Waals surface area contributed by atoms with Gasteiger partial charge in [-0.3, -0.25) is 0 Å². The van der Waals surface area contributed by atoms with Crippen molar-refractivity contribution >= 4 is 22.9 Å². The highest BCUT2D eigenvalue weighted by Gasteiger charge is 2.08. The first-order chi connectivity index (χ1) is 8.16. The van der Waals surface area contributed by atoms with Gasteiger partial charge in [-0.05, 0) is 37.6 Å². The number of hydrogen-bond acceptors (Lipinski definition) is 2. The Morgan fingerprint density at radius 3 is 2.65 bits per heavy atom. The second kappa shape index (κ2) is 5.67. The zero-order valence-electron chi connectivity index (χ0n) is 10.0. The van der Waals surface area contributed by atoms with Crippen LogP contribution in [0.1, 0.15) is 28.3 Å². The van der Waals surface area contributed by atoms with E-state index >= 15 is 0 Å². The Hall–Kier alpha value is -0.830. The van der Waals surface area contributed by atoms with Gasteiger partial charge in [-0.25, -0.2) is 0 Å². The van der Waals surface area contributed by atoms with Crippen molar-refractivity contribution in [3.05, 3.63) is 56.7 Å². The maximum atomic E-state index is 6.17. The van der Waals surface area contributed by atoms with Gasteiger partial charge in [0.2, 0.25) is 0 Å². The van der Waals surface area contributed by atoms with E-state index in [1.165, 1.54) is 9.75 Å². The van der Waals surface area contributed by atoms with E-state index in [0.29, 0.717) is 0 Å². The van der Waals surface area contributed by atoms with E-state index in [4.69, 9.17) is 11.6 Å². The van der Waals surface area contributed by atoms with Crippen molar-refractivity contribution < 1.29 is 0 Å². The van der Waals surface area contributed by atoms with E-state index in [1.54, 1.807) is 0 Å². The van der Waals surface area contributed by atoms with E-state index < -0.39 is 0 Å². The van der Waals surface area contributed by atoms with Gasteiger partial charge in [-0.1, -0.05) is 29.8 Å². The molecule has 1 N–H and O–H groups in total. The molecule has 0 aliphatic carbocycles. The normalized spacial score (nSPS) is 12.6. The lowest BCUT2D eigenvalue weighted by atomic mass is 10.1. The van der Waals surface area contributed by atoms with Crippen molar-refractivity contribution in [3.8, 4) is 0 Å². The Labute approximate surface area is 111 Å². The highest BCUT2D eigenvalue weighted by molar-refractivity contribution is 7.11. The van der Waals surface area contributed by atoms with Gasteiger partial charge in [-0.2, -0.15) is 0 Å². The Kier molecular flexibility index (Phi) is 4.21. The van der Waals surface area contributed by atoms with Crippen LogP contribution in [0.4, 0.5) is 0 Å². The highest BCUT2D eigenvalue weighted by Crippen LogP contribution is 2.23. The number of hydrogen-bond donors (Lipinski definition) is 1. The molecule has 2 aromatic rings. The molecule has 0 unspecified atom stereocenters. The van der Waals surface area contributed by atoms with Crippen LogP contribution in [0.15, 0.2) is 36.4 Å². The molecule has 17 heavy (non-hydrogen) atoms. The summed E-state index contributed by atoms with van der Waals surface area (Å²) in [6.07, 6.45) is 0. The molecule has 0 saturated carbocycles. The molecule has 1 aromatic heterocycles. The summed E-state index contributed by atoms with van der Waals surface area (Å²) in [5, 5.41) is 4.32. The van der Waals surface area contributed by atoms with Crippen molar-refractivity contribution in [1.29, 1.82) is 0 Å². The summed E-state index contributed by atoms with van der Waals surface area (Å²) < 4.78 is 0. The van der Waals surface area contributed by atoms with Gasteiger partial charge in [0.25, 0.3) is 0 Å². The van der Waals surface area contributed by atoms with Gasteiger partial charge in [0.1, 0.15) is 0 Å². The fraction of sp³-hybridized carbons (Fsp3) is 0.286. The number of halogens is 1. The van der Waals surface area contributed by atoms with Gasteiger partial charge in [0.15, 0.2) is 0 Å². The van der Waals surface area contributed by atoms with Crippen LogP contribution in [0.2, 0.25) is 5.02 Å². The molecule has 1 nitrogen and oxygen atoms in total. The van der Waals surface area contributed by atoms with E-state index in [1.807, 2.05) is 29.5 Å². The second-order valence-electron chi connectivity index (χ2n) is 4.14. The molecule has 90 valence electrons. The third-order valence-electron chi connectivity index (χ3n) is 2.75. The summed E-state index contributed by atoms with van der Waals surface area (Å²) in [5.41, 5.74) is 1.16. The van der Waals surface area contributed by atoms with E-state index in [9.17, 15) is 0 Å². The van der Waals surface area contributed by atoms with Crippen molar-refractivity contribution in [2.45, 2.75) is 26.4 Å². The summed E-state index contributed by atoms with van der Waals surface area (Å²) in [5.74, 6) is 0. The Bertz CT molecular complexity index is 492. The summed E-state index contributed by atoms with van der Waals surface area (Å²) in [7, 11) is 0. The largest absolute Gasteiger partial charge is 0.305 e. The lowest BCUT2D eigenvalue weighted by Gasteiger charge is -2.14. The quantitative estimate of drug-likeness (QED) is 0.855. The number of thiophene rings is 1. The van der Waals surface area contributed by atoms with Crippen LogP contribution >= 0.6 is 22.9 Å². The molecule has 0 spiro atoms. The molecule has 2 rings (SSSR count). The number of rotatable bonds is 4. The molecule has 0 bridgehead atoms. The zero-order valence-corrected chi connectivity index (χ0v) is 11.6. The molecule has 1 atom stereocenters. The molecular formula is C14H16ClNS. The smallest absolute Gasteiger partial charge is 0.0453 e. The third kappa shape index (κ3) is 3.32. The van der Waals surface area contributed by atoms with Crippen LogP contribution in [-0.2, 0) is 6.54 Å². The third-order valence-corrected chi connectivity index (χ3v) is 4.10. The molecule has 0 aliphatic heterocycles. The van der Waals surface area contributed by atoms with Gasteiger partial charge < -0.3 is 5.32 Å². The van der Waals surface area contributed by atoms with Gasteiger partial charge >= 0.3 is 0 Å². The minimum Gasteiger partial charge on any atom is -0.305 e.